The number of nitrogens with zero attached hydrogens (tertiary/aromatic N) is 1. The minimum atomic E-state index is 0.00907. The first-order chi connectivity index (χ1) is 10.9. The second kappa shape index (κ2) is 6.92. The van der Waals surface area contributed by atoms with Crippen molar-refractivity contribution in [2.24, 2.45) is 0 Å². The molecule has 0 aliphatic rings. The third kappa shape index (κ3) is 3.02. The molecule has 3 aromatic rings. The molecule has 0 unspecified atom stereocenters. The van der Waals surface area contributed by atoms with Gasteiger partial charge in [-0.05, 0) is 23.3 Å². The van der Waals surface area contributed by atoms with Crippen LogP contribution in [0.3, 0.4) is 0 Å². The zero-order chi connectivity index (χ0) is 15.2. The second-order valence-corrected chi connectivity index (χ2v) is 5.07. The molecule has 2 heteroatoms. The van der Waals surface area contributed by atoms with Gasteiger partial charge in [-0.25, -0.2) is 5.06 Å². The van der Waals surface area contributed by atoms with E-state index in [1.807, 2.05) is 35.4 Å². The Morgan fingerprint density at radius 2 is 1.05 bits per heavy atom. The van der Waals surface area contributed by atoms with Crippen molar-refractivity contribution >= 4 is 5.69 Å². The molecule has 0 amide bonds. The van der Waals surface area contributed by atoms with E-state index >= 15 is 0 Å². The normalized spacial score (nSPS) is 10.6. The van der Waals surface area contributed by atoms with Crippen molar-refractivity contribution in [2.75, 3.05) is 12.2 Å². The Bertz CT molecular complexity index is 643. The van der Waals surface area contributed by atoms with Gasteiger partial charge in [0.05, 0.1) is 12.8 Å². The molecule has 0 heterocycles. The highest BCUT2D eigenvalue weighted by atomic mass is 16.7. The maximum absolute atomic E-state index is 5.74. The van der Waals surface area contributed by atoms with Crippen molar-refractivity contribution in [3.63, 3.8) is 0 Å². The molecular formula is C20H19NO. The number of anilines is 1. The summed E-state index contributed by atoms with van der Waals surface area (Å²) in [6.07, 6.45) is 0. The second-order valence-electron chi connectivity index (χ2n) is 5.07. The molecule has 22 heavy (non-hydrogen) atoms. The molecule has 0 aromatic heterocycles. The minimum Gasteiger partial charge on any atom is -0.276 e. The Hall–Kier alpha value is -2.58. The Kier molecular flexibility index (Phi) is 4.52. The standard InChI is InChI=1S/C20H19NO/c1-22-21(19-15-9-4-10-16-19)20(17-11-5-2-6-12-17)18-13-7-3-8-14-18/h2-16,20H,1H3. The van der Waals surface area contributed by atoms with Gasteiger partial charge in [-0.3, -0.25) is 4.84 Å². The Morgan fingerprint density at radius 3 is 1.45 bits per heavy atom. The average Bonchev–Trinajstić information content (AvgIpc) is 2.62. The maximum Gasteiger partial charge on any atom is 0.106 e. The van der Waals surface area contributed by atoms with Crippen LogP contribution in [0.15, 0.2) is 91.0 Å². The molecule has 0 atom stereocenters. The van der Waals surface area contributed by atoms with Gasteiger partial charge in [0, 0.05) is 0 Å². The largest absolute Gasteiger partial charge is 0.276 e. The molecule has 0 spiro atoms. The van der Waals surface area contributed by atoms with Gasteiger partial charge in [0.1, 0.15) is 6.04 Å². The fourth-order valence-corrected chi connectivity index (χ4v) is 2.67. The summed E-state index contributed by atoms with van der Waals surface area (Å²) in [5.41, 5.74) is 3.42. The van der Waals surface area contributed by atoms with Crippen molar-refractivity contribution in [3.05, 3.63) is 102 Å². The fraction of sp³-hybridized carbons (Fsp3) is 0.100. The lowest BCUT2D eigenvalue weighted by Crippen LogP contribution is -2.28. The number of para-hydroxylation sites is 1. The molecule has 3 aromatic carbocycles. The summed E-state index contributed by atoms with van der Waals surface area (Å²) in [6.45, 7) is 0. The average molecular weight is 289 g/mol. The van der Waals surface area contributed by atoms with Crippen molar-refractivity contribution in [3.8, 4) is 0 Å². The summed E-state index contributed by atoms with van der Waals surface area (Å²) in [6, 6.07) is 31.0. The van der Waals surface area contributed by atoms with Crippen LogP contribution in [0.5, 0.6) is 0 Å². The number of hydrogen-bond donors (Lipinski definition) is 0. The predicted octanol–water partition coefficient (Wildman–Crippen LogP) is 4.84. The summed E-state index contributed by atoms with van der Waals surface area (Å²) in [4.78, 5) is 5.74. The summed E-state index contributed by atoms with van der Waals surface area (Å²) in [5.74, 6) is 0. The van der Waals surface area contributed by atoms with Crippen LogP contribution in [0.4, 0.5) is 5.69 Å². The molecule has 3 rings (SSSR count). The lowest BCUT2D eigenvalue weighted by atomic mass is 9.98. The molecule has 0 fully saturated rings. The van der Waals surface area contributed by atoms with Gasteiger partial charge < -0.3 is 0 Å². The summed E-state index contributed by atoms with van der Waals surface area (Å²) in [7, 11) is 1.71. The minimum absolute atomic E-state index is 0.00907. The summed E-state index contributed by atoms with van der Waals surface area (Å²) >= 11 is 0. The molecular weight excluding hydrogens is 270 g/mol. The first-order valence-corrected chi connectivity index (χ1v) is 7.38. The van der Waals surface area contributed by atoms with Gasteiger partial charge in [-0.2, -0.15) is 0 Å². The van der Waals surface area contributed by atoms with E-state index in [9.17, 15) is 0 Å². The van der Waals surface area contributed by atoms with E-state index in [1.54, 1.807) is 7.11 Å². The van der Waals surface area contributed by atoms with E-state index < -0.39 is 0 Å². The molecule has 0 saturated heterocycles. The van der Waals surface area contributed by atoms with Gasteiger partial charge in [0.15, 0.2) is 0 Å². The third-order valence-electron chi connectivity index (χ3n) is 3.67. The lowest BCUT2D eigenvalue weighted by molar-refractivity contribution is 0.149. The number of hydrogen-bond acceptors (Lipinski definition) is 2. The van der Waals surface area contributed by atoms with E-state index in [2.05, 4.69) is 60.7 Å². The van der Waals surface area contributed by atoms with E-state index in [0.29, 0.717) is 0 Å². The topological polar surface area (TPSA) is 12.5 Å². The Labute approximate surface area is 131 Å². The van der Waals surface area contributed by atoms with Crippen molar-refractivity contribution < 1.29 is 4.84 Å². The van der Waals surface area contributed by atoms with Crippen LogP contribution in [-0.2, 0) is 4.84 Å². The molecule has 0 saturated carbocycles. The van der Waals surface area contributed by atoms with Crippen LogP contribution in [0.25, 0.3) is 0 Å². The van der Waals surface area contributed by atoms with Crippen LogP contribution in [0.2, 0.25) is 0 Å². The summed E-state index contributed by atoms with van der Waals surface area (Å²) < 4.78 is 0. The van der Waals surface area contributed by atoms with E-state index in [-0.39, 0.29) is 6.04 Å². The molecule has 2 nitrogen and oxygen atoms in total. The number of benzene rings is 3. The monoisotopic (exact) mass is 289 g/mol. The van der Waals surface area contributed by atoms with Crippen molar-refractivity contribution in [1.29, 1.82) is 0 Å². The van der Waals surface area contributed by atoms with Gasteiger partial charge in [0.2, 0.25) is 0 Å². The van der Waals surface area contributed by atoms with Gasteiger partial charge >= 0.3 is 0 Å². The highest BCUT2D eigenvalue weighted by molar-refractivity contribution is 5.49. The number of hydroxylamine groups is 1. The van der Waals surface area contributed by atoms with Crippen LogP contribution >= 0.6 is 0 Å². The zero-order valence-electron chi connectivity index (χ0n) is 12.6. The van der Waals surface area contributed by atoms with Gasteiger partial charge in [-0.1, -0.05) is 78.9 Å². The van der Waals surface area contributed by atoms with Crippen molar-refractivity contribution in [2.45, 2.75) is 6.04 Å². The van der Waals surface area contributed by atoms with Gasteiger partial charge in [0.25, 0.3) is 0 Å². The predicted molar refractivity (Wildman–Crippen MR) is 90.7 cm³/mol. The van der Waals surface area contributed by atoms with Crippen LogP contribution < -0.4 is 5.06 Å². The molecule has 110 valence electrons. The fourth-order valence-electron chi connectivity index (χ4n) is 2.67. The van der Waals surface area contributed by atoms with E-state index in [0.717, 1.165) is 5.69 Å². The lowest BCUT2D eigenvalue weighted by Gasteiger charge is -2.32. The Balaban J connectivity index is 2.09. The molecule has 0 aliphatic carbocycles. The molecule has 0 bridgehead atoms. The van der Waals surface area contributed by atoms with E-state index in [4.69, 9.17) is 4.84 Å². The zero-order valence-corrected chi connectivity index (χ0v) is 12.6. The summed E-state index contributed by atoms with van der Waals surface area (Å²) in [5, 5.41) is 1.95. The molecule has 0 aliphatic heterocycles. The van der Waals surface area contributed by atoms with Crippen LogP contribution in [0.1, 0.15) is 17.2 Å². The third-order valence-corrected chi connectivity index (χ3v) is 3.67. The highest BCUT2D eigenvalue weighted by Crippen LogP contribution is 2.32. The number of rotatable bonds is 5. The van der Waals surface area contributed by atoms with Crippen LogP contribution in [-0.4, -0.2) is 7.11 Å². The van der Waals surface area contributed by atoms with E-state index in [1.165, 1.54) is 11.1 Å². The highest BCUT2D eigenvalue weighted by Gasteiger charge is 2.22. The maximum atomic E-state index is 5.74. The molecule has 0 N–H and O–H groups in total. The quantitative estimate of drug-likeness (QED) is 0.623. The first-order valence-electron chi connectivity index (χ1n) is 7.38. The molecule has 0 radical (unpaired) electrons. The SMILES string of the molecule is CON(c1ccccc1)C(c1ccccc1)c1ccccc1. The van der Waals surface area contributed by atoms with Gasteiger partial charge in [-0.15, -0.1) is 0 Å². The van der Waals surface area contributed by atoms with Crippen LogP contribution in [0, 0.1) is 0 Å². The van der Waals surface area contributed by atoms with Crippen molar-refractivity contribution in [1.82, 2.24) is 0 Å². The smallest absolute Gasteiger partial charge is 0.106 e. The Morgan fingerprint density at radius 1 is 0.636 bits per heavy atom. The first kappa shape index (κ1) is 14.4.